The largest absolute Gasteiger partial charge is 0.493 e. The molecule has 0 radical (unpaired) electrons. The molecule has 26 heavy (non-hydrogen) atoms. The first kappa shape index (κ1) is 20.0. The van der Waals surface area contributed by atoms with Crippen molar-refractivity contribution in [3.05, 3.63) is 52.8 Å². The first-order chi connectivity index (χ1) is 12.4. The highest BCUT2D eigenvalue weighted by molar-refractivity contribution is 6.30. The van der Waals surface area contributed by atoms with E-state index in [0.717, 1.165) is 23.4 Å². The molecular weight excluding hydrogens is 359 g/mol. The molecule has 0 fully saturated rings. The third kappa shape index (κ3) is 5.61. The maximum atomic E-state index is 13.7. The Morgan fingerprint density at radius 3 is 2.54 bits per heavy atom. The van der Waals surface area contributed by atoms with Crippen LogP contribution in [0.15, 0.2) is 36.4 Å². The summed E-state index contributed by atoms with van der Waals surface area (Å²) in [6.07, 6.45) is 0.773. The van der Waals surface area contributed by atoms with Crippen molar-refractivity contribution in [3.63, 3.8) is 0 Å². The molecule has 2 aromatic rings. The van der Waals surface area contributed by atoms with Gasteiger partial charge in [-0.15, -0.1) is 0 Å². The Hall–Kier alpha value is -2.31. The maximum Gasteiger partial charge on any atom is 0.279 e. The van der Waals surface area contributed by atoms with Crippen molar-refractivity contribution in [1.29, 1.82) is 0 Å². The van der Waals surface area contributed by atoms with E-state index in [2.05, 4.69) is 5.32 Å². The number of amides is 1. The minimum absolute atomic E-state index is 0.132. The average molecular weight is 382 g/mol. The number of likely N-dealkylation sites (N-methyl/N-ethyl adjacent to an activating group) is 1. The lowest BCUT2D eigenvalue weighted by molar-refractivity contribution is -0.870. The van der Waals surface area contributed by atoms with Crippen molar-refractivity contribution in [2.45, 2.75) is 6.42 Å². The van der Waals surface area contributed by atoms with E-state index in [4.69, 9.17) is 21.1 Å². The van der Waals surface area contributed by atoms with Crippen LogP contribution in [0.1, 0.15) is 5.56 Å². The van der Waals surface area contributed by atoms with Crippen LogP contribution < -0.4 is 19.7 Å². The zero-order valence-corrected chi connectivity index (χ0v) is 15.8. The Labute approximate surface area is 157 Å². The number of ether oxygens (including phenoxy) is 2. The Morgan fingerprint density at radius 1 is 1.15 bits per heavy atom. The summed E-state index contributed by atoms with van der Waals surface area (Å²) in [5.41, 5.74) is 1.22. The Morgan fingerprint density at radius 2 is 1.88 bits per heavy atom. The van der Waals surface area contributed by atoms with Crippen LogP contribution >= 0.6 is 11.6 Å². The van der Waals surface area contributed by atoms with Gasteiger partial charge in [0.2, 0.25) is 0 Å². The van der Waals surface area contributed by atoms with E-state index in [9.17, 15) is 9.18 Å². The van der Waals surface area contributed by atoms with Crippen molar-refractivity contribution in [1.82, 2.24) is 0 Å². The van der Waals surface area contributed by atoms with Gasteiger partial charge in [0, 0.05) is 11.4 Å². The number of quaternary nitrogens is 1. The van der Waals surface area contributed by atoms with Crippen LogP contribution in [-0.2, 0) is 11.2 Å². The van der Waals surface area contributed by atoms with Crippen LogP contribution in [0.25, 0.3) is 0 Å². The van der Waals surface area contributed by atoms with Gasteiger partial charge in [-0.3, -0.25) is 4.79 Å². The standard InChI is InChI=1S/C19H22ClFN2O3/c1-23(9-8-13-4-7-17(25-2)18(10-13)26-3)12-19(24)22-16-6-5-14(20)11-15(16)21/h4-7,10-11H,8-9,12H2,1-3H3,(H,22,24)/p+1. The molecule has 7 heteroatoms. The van der Waals surface area contributed by atoms with Crippen molar-refractivity contribution in [2.24, 2.45) is 0 Å². The number of carbonyl (C=O) groups is 1. The Balaban J connectivity index is 1.86. The number of halogens is 2. The Kier molecular flexibility index (Phi) is 7.24. The quantitative estimate of drug-likeness (QED) is 0.737. The van der Waals surface area contributed by atoms with Crippen molar-refractivity contribution in [3.8, 4) is 11.5 Å². The van der Waals surface area contributed by atoms with Crippen molar-refractivity contribution < 1.29 is 23.6 Å². The van der Waals surface area contributed by atoms with E-state index in [-0.39, 0.29) is 23.2 Å². The number of methoxy groups -OCH3 is 2. The van der Waals surface area contributed by atoms with Gasteiger partial charge in [0.25, 0.3) is 5.91 Å². The van der Waals surface area contributed by atoms with Gasteiger partial charge in [0.15, 0.2) is 18.0 Å². The summed E-state index contributed by atoms with van der Waals surface area (Å²) < 4.78 is 24.2. The number of benzene rings is 2. The molecule has 0 aromatic heterocycles. The van der Waals surface area contributed by atoms with Crippen molar-refractivity contribution in [2.75, 3.05) is 39.7 Å². The predicted octanol–water partition coefficient (Wildman–Crippen LogP) is 2.19. The topological polar surface area (TPSA) is 52.0 Å². The molecule has 1 atom stereocenters. The molecule has 140 valence electrons. The SMILES string of the molecule is COc1ccc(CC[NH+](C)CC(=O)Nc2ccc(Cl)cc2F)cc1OC. The molecule has 0 spiro atoms. The second-order valence-electron chi connectivity index (χ2n) is 6.00. The number of nitrogens with one attached hydrogen (secondary N) is 2. The first-order valence-electron chi connectivity index (χ1n) is 8.20. The number of rotatable bonds is 8. The summed E-state index contributed by atoms with van der Waals surface area (Å²) in [6, 6.07) is 9.92. The molecule has 1 amide bonds. The summed E-state index contributed by atoms with van der Waals surface area (Å²) in [5.74, 6) is 0.560. The Bertz CT molecular complexity index is 770. The van der Waals surface area contributed by atoms with Crippen LogP contribution in [0.2, 0.25) is 5.02 Å². The number of hydrogen-bond acceptors (Lipinski definition) is 3. The fourth-order valence-corrected chi connectivity index (χ4v) is 2.70. The first-order valence-corrected chi connectivity index (χ1v) is 8.58. The van der Waals surface area contributed by atoms with E-state index in [1.807, 2.05) is 25.2 Å². The molecular formula is C19H23ClFN2O3+. The smallest absolute Gasteiger partial charge is 0.279 e. The van der Waals surface area contributed by atoms with Crippen LogP contribution in [0, 0.1) is 5.82 Å². The summed E-state index contributed by atoms with van der Waals surface area (Å²) >= 11 is 5.70. The van der Waals surface area contributed by atoms with Gasteiger partial charge >= 0.3 is 0 Å². The van der Waals surface area contributed by atoms with Crippen molar-refractivity contribution >= 4 is 23.2 Å². The third-order valence-corrected chi connectivity index (χ3v) is 4.19. The second kappa shape index (κ2) is 9.40. The fraction of sp³-hybridized carbons (Fsp3) is 0.316. The molecule has 0 saturated carbocycles. The molecule has 0 aliphatic rings. The number of hydrogen-bond donors (Lipinski definition) is 2. The van der Waals surface area contributed by atoms with Gasteiger partial charge in [0.05, 0.1) is 33.5 Å². The van der Waals surface area contributed by atoms with Gasteiger partial charge < -0.3 is 19.7 Å². The molecule has 0 saturated heterocycles. The molecule has 0 aliphatic carbocycles. The van der Waals surface area contributed by atoms with Gasteiger partial charge in [-0.25, -0.2) is 4.39 Å². The molecule has 2 N–H and O–H groups in total. The zero-order chi connectivity index (χ0) is 19.1. The molecule has 0 heterocycles. The highest BCUT2D eigenvalue weighted by Gasteiger charge is 2.13. The summed E-state index contributed by atoms with van der Waals surface area (Å²) in [4.78, 5) is 13.1. The van der Waals surface area contributed by atoms with Gasteiger partial charge in [-0.2, -0.15) is 0 Å². The van der Waals surface area contributed by atoms with Crippen LogP contribution in [-0.4, -0.2) is 40.3 Å². The second-order valence-corrected chi connectivity index (χ2v) is 6.43. The molecule has 0 bridgehead atoms. The minimum atomic E-state index is -0.547. The number of carbonyl (C=O) groups excluding carboxylic acids is 1. The average Bonchev–Trinajstić information content (AvgIpc) is 2.62. The lowest BCUT2D eigenvalue weighted by Gasteiger charge is -2.15. The van der Waals surface area contributed by atoms with E-state index in [1.165, 1.54) is 18.2 Å². The summed E-state index contributed by atoms with van der Waals surface area (Å²) in [5, 5.41) is 2.86. The van der Waals surface area contributed by atoms with E-state index in [1.54, 1.807) is 14.2 Å². The lowest BCUT2D eigenvalue weighted by Crippen LogP contribution is -3.10. The zero-order valence-electron chi connectivity index (χ0n) is 15.1. The van der Waals surface area contributed by atoms with E-state index < -0.39 is 5.82 Å². The van der Waals surface area contributed by atoms with Crippen LogP contribution in [0.3, 0.4) is 0 Å². The van der Waals surface area contributed by atoms with Gasteiger partial charge in [0.1, 0.15) is 5.82 Å². The monoisotopic (exact) mass is 381 g/mol. The minimum Gasteiger partial charge on any atom is -0.493 e. The molecule has 5 nitrogen and oxygen atoms in total. The van der Waals surface area contributed by atoms with Crippen LogP contribution in [0.5, 0.6) is 11.5 Å². The molecule has 0 aliphatic heterocycles. The maximum absolute atomic E-state index is 13.7. The fourth-order valence-electron chi connectivity index (χ4n) is 2.54. The highest BCUT2D eigenvalue weighted by atomic mass is 35.5. The van der Waals surface area contributed by atoms with Crippen LogP contribution in [0.4, 0.5) is 10.1 Å². The van der Waals surface area contributed by atoms with Gasteiger partial charge in [-0.05, 0) is 35.9 Å². The predicted molar refractivity (Wildman–Crippen MR) is 99.9 cm³/mol. The molecule has 2 aromatic carbocycles. The third-order valence-electron chi connectivity index (χ3n) is 3.96. The summed E-state index contributed by atoms with van der Waals surface area (Å²) in [7, 11) is 5.11. The molecule has 2 rings (SSSR count). The molecule has 1 unspecified atom stereocenters. The van der Waals surface area contributed by atoms with E-state index >= 15 is 0 Å². The normalized spacial score (nSPS) is 11.7. The lowest BCUT2D eigenvalue weighted by atomic mass is 10.1. The number of anilines is 1. The van der Waals surface area contributed by atoms with E-state index in [0.29, 0.717) is 11.5 Å². The highest BCUT2D eigenvalue weighted by Crippen LogP contribution is 2.27. The summed E-state index contributed by atoms with van der Waals surface area (Å²) in [6.45, 7) is 0.974. The van der Waals surface area contributed by atoms with Gasteiger partial charge in [-0.1, -0.05) is 17.7 Å².